The molecule has 2 aliphatic rings. The standard InChI is InChI=1S/C32H54N8O8/c1-8-23-30(46)40(12-11-37(23)7)29(36-21(17-41)15-18(2)3)32(48)38-13-14-39(31(47)24(38)16-25(43)19(4)35-6)27(20(5)42)28(45)22(33)9-10-26(34)44/h17-19,21-24,27,29,35-36H,8-16,33H2,1-7H3,(H2,34,44)/t19-,21-,22-,23-,24?,27?,29?/m0/s1. The SMILES string of the molecule is CC[C@H]1C(=O)N(C(N[C@H](C=O)CC(C)C)C(=O)N2CCN(C(C(C)=O)C(=O)[C@@H](N)CCC(N)=O)C(=O)C2CC(=O)[C@H](C)NC)CCN1C. The van der Waals surface area contributed by atoms with Crippen LogP contribution in [-0.2, 0) is 38.4 Å². The molecule has 16 nitrogen and oxygen atoms in total. The summed E-state index contributed by atoms with van der Waals surface area (Å²) in [6, 6.07) is -6.31. The summed E-state index contributed by atoms with van der Waals surface area (Å²) in [5.41, 5.74) is 11.2. The Hall–Kier alpha value is -3.60. The zero-order chi connectivity index (χ0) is 36.5. The van der Waals surface area contributed by atoms with Crippen LogP contribution in [0.25, 0.3) is 0 Å². The number of carbonyl (C=O) groups excluding carboxylic acids is 8. The van der Waals surface area contributed by atoms with Crippen LogP contribution in [0.1, 0.15) is 66.7 Å². The number of primary amides is 1. The Bertz CT molecular complexity index is 1230. The molecule has 3 unspecified atom stereocenters. The molecule has 48 heavy (non-hydrogen) atoms. The van der Waals surface area contributed by atoms with E-state index in [1.165, 1.54) is 9.80 Å². The summed E-state index contributed by atoms with van der Waals surface area (Å²) < 4.78 is 0. The fourth-order valence-electron chi connectivity index (χ4n) is 6.25. The first-order valence-electron chi connectivity index (χ1n) is 16.6. The van der Waals surface area contributed by atoms with Gasteiger partial charge in [0, 0.05) is 39.0 Å². The zero-order valence-corrected chi connectivity index (χ0v) is 29.3. The lowest BCUT2D eigenvalue weighted by Crippen LogP contribution is -2.71. The highest BCUT2D eigenvalue weighted by Crippen LogP contribution is 2.24. The molecule has 2 saturated heterocycles. The van der Waals surface area contributed by atoms with Gasteiger partial charge < -0.3 is 36.3 Å². The molecular weight excluding hydrogens is 624 g/mol. The van der Waals surface area contributed by atoms with E-state index in [9.17, 15) is 38.4 Å². The predicted molar refractivity (Wildman–Crippen MR) is 176 cm³/mol. The van der Waals surface area contributed by atoms with Crippen LogP contribution >= 0.6 is 0 Å². The lowest BCUT2D eigenvalue weighted by molar-refractivity contribution is -0.164. The number of ketones is 3. The minimum Gasteiger partial charge on any atom is -0.370 e. The van der Waals surface area contributed by atoms with Crippen LogP contribution in [-0.4, -0.2) is 150 Å². The quantitative estimate of drug-likeness (QED) is 0.0843. The van der Waals surface area contributed by atoms with Gasteiger partial charge >= 0.3 is 0 Å². The third-order valence-electron chi connectivity index (χ3n) is 9.14. The molecule has 2 fully saturated rings. The van der Waals surface area contributed by atoms with Gasteiger partial charge in [0.05, 0.1) is 24.2 Å². The minimum atomic E-state index is -1.61. The second-order valence-corrected chi connectivity index (χ2v) is 13.2. The molecule has 0 aromatic rings. The van der Waals surface area contributed by atoms with E-state index in [1.807, 2.05) is 32.7 Å². The van der Waals surface area contributed by atoms with Gasteiger partial charge in [0.1, 0.15) is 12.3 Å². The highest BCUT2D eigenvalue weighted by molar-refractivity contribution is 6.11. The van der Waals surface area contributed by atoms with Gasteiger partial charge in [-0.05, 0) is 53.1 Å². The van der Waals surface area contributed by atoms with E-state index >= 15 is 0 Å². The molecule has 2 rings (SSSR count). The maximum absolute atomic E-state index is 14.6. The lowest BCUT2D eigenvalue weighted by Gasteiger charge is -2.47. The molecule has 7 atom stereocenters. The Morgan fingerprint density at radius 3 is 2.10 bits per heavy atom. The second-order valence-electron chi connectivity index (χ2n) is 13.2. The summed E-state index contributed by atoms with van der Waals surface area (Å²) in [6.07, 6.45) is -0.579. The summed E-state index contributed by atoms with van der Waals surface area (Å²) in [7, 11) is 3.38. The average Bonchev–Trinajstić information content (AvgIpc) is 3.02. The van der Waals surface area contributed by atoms with Crippen LogP contribution in [0.4, 0.5) is 0 Å². The highest BCUT2D eigenvalue weighted by Gasteiger charge is 2.48. The fourth-order valence-corrected chi connectivity index (χ4v) is 6.25. The van der Waals surface area contributed by atoms with Gasteiger partial charge in [-0.25, -0.2) is 0 Å². The number of piperazine rings is 2. The zero-order valence-electron chi connectivity index (χ0n) is 29.3. The first kappa shape index (κ1) is 40.6. The Labute approximate surface area is 282 Å². The number of amides is 4. The third kappa shape index (κ3) is 9.96. The first-order chi connectivity index (χ1) is 22.5. The van der Waals surface area contributed by atoms with E-state index in [0.717, 1.165) is 11.8 Å². The van der Waals surface area contributed by atoms with Crippen molar-refractivity contribution in [3.05, 3.63) is 0 Å². The number of nitrogens with one attached hydrogen (secondary N) is 2. The molecule has 0 aliphatic carbocycles. The maximum atomic E-state index is 14.6. The van der Waals surface area contributed by atoms with E-state index in [1.54, 1.807) is 14.0 Å². The lowest BCUT2D eigenvalue weighted by atomic mass is 9.94. The molecule has 0 aromatic carbocycles. The predicted octanol–water partition coefficient (Wildman–Crippen LogP) is -2.21. The van der Waals surface area contributed by atoms with Crippen molar-refractivity contribution in [1.82, 2.24) is 30.2 Å². The summed E-state index contributed by atoms with van der Waals surface area (Å²) in [4.78, 5) is 111. The van der Waals surface area contributed by atoms with Crippen LogP contribution in [0, 0.1) is 5.92 Å². The molecule has 0 radical (unpaired) electrons. The van der Waals surface area contributed by atoms with E-state index in [0.29, 0.717) is 25.7 Å². The number of likely N-dealkylation sites (N-methyl/N-ethyl adjacent to an activating group) is 2. The number of carbonyl (C=O) groups is 8. The van der Waals surface area contributed by atoms with Gasteiger partial charge in [-0.3, -0.25) is 43.8 Å². The number of hydrogen-bond acceptors (Lipinski definition) is 12. The molecule has 6 N–H and O–H groups in total. The number of nitrogens with zero attached hydrogens (tertiary/aromatic N) is 4. The normalized spacial score (nSPS) is 22.2. The van der Waals surface area contributed by atoms with Crippen molar-refractivity contribution in [3.63, 3.8) is 0 Å². The van der Waals surface area contributed by atoms with Crippen LogP contribution in [0.5, 0.6) is 0 Å². The van der Waals surface area contributed by atoms with Crippen molar-refractivity contribution in [3.8, 4) is 0 Å². The largest absolute Gasteiger partial charge is 0.370 e. The number of nitrogens with two attached hydrogens (primary N) is 2. The second kappa shape index (κ2) is 18.2. The molecular formula is C32H54N8O8. The fraction of sp³-hybridized carbons (Fsp3) is 0.750. The van der Waals surface area contributed by atoms with Gasteiger partial charge in [-0.1, -0.05) is 20.8 Å². The number of rotatable bonds is 19. The van der Waals surface area contributed by atoms with E-state index in [2.05, 4.69) is 10.6 Å². The smallest absolute Gasteiger partial charge is 0.261 e. The molecule has 0 aromatic heterocycles. The van der Waals surface area contributed by atoms with Crippen molar-refractivity contribution in [2.24, 2.45) is 17.4 Å². The molecule has 16 heteroatoms. The van der Waals surface area contributed by atoms with E-state index in [4.69, 9.17) is 11.5 Å². The first-order valence-corrected chi connectivity index (χ1v) is 16.6. The topological polar surface area (TPSA) is 226 Å². The maximum Gasteiger partial charge on any atom is 0.261 e. The molecule has 270 valence electrons. The van der Waals surface area contributed by atoms with Crippen LogP contribution in [0.3, 0.4) is 0 Å². The van der Waals surface area contributed by atoms with Crippen molar-refractivity contribution in [2.75, 3.05) is 40.3 Å². The summed E-state index contributed by atoms with van der Waals surface area (Å²) in [5.74, 6) is -4.31. The average molecular weight is 679 g/mol. The summed E-state index contributed by atoms with van der Waals surface area (Å²) >= 11 is 0. The third-order valence-corrected chi connectivity index (χ3v) is 9.14. The molecule has 2 heterocycles. The molecule has 4 amide bonds. The molecule has 0 saturated carbocycles. The number of hydrogen-bond donors (Lipinski definition) is 4. The van der Waals surface area contributed by atoms with Gasteiger partial charge in [-0.15, -0.1) is 0 Å². The Morgan fingerprint density at radius 1 is 0.979 bits per heavy atom. The molecule has 2 aliphatic heterocycles. The Balaban J connectivity index is 2.58. The minimum absolute atomic E-state index is 0.0731. The highest BCUT2D eigenvalue weighted by atomic mass is 16.2. The monoisotopic (exact) mass is 678 g/mol. The van der Waals surface area contributed by atoms with Gasteiger partial charge in [-0.2, -0.15) is 0 Å². The van der Waals surface area contributed by atoms with Crippen molar-refractivity contribution in [1.29, 1.82) is 0 Å². The van der Waals surface area contributed by atoms with Gasteiger partial charge in [0.2, 0.25) is 17.7 Å². The summed E-state index contributed by atoms with van der Waals surface area (Å²) in [6.45, 7) is 8.60. The van der Waals surface area contributed by atoms with Crippen molar-refractivity contribution < 1.29 is 38.4 Å². The van der Waals surface area contributed by atoms with Gasteiger partial charge in [0.25, 0.3) is 5.91 Å². The van der Waals surface area contributed by atoms with Crippen molar-refractivity contribution >= 4 is 47.3 Å². The number of Topliss-reactive ketones (excluding diaryl/α,β-unsaturated/α-hetero) is 3. The van der Waals surface area contributed by atoms with Crippen LogP contribution in [0.2, 0.25) is 0 Å². The Morgan fingerprint density at radius 2 is 1.58 bits per heavy atom. The van der Waals surface area contributed by atoms with Crippen LogP contribution in [0.15, 0.2) is 0 Å². The van der Waals surface area contributed by atoms with Crippen LogP contribution < -0.4 is 22.1 Å². The summed E-state index contributed by atoms with van der Waals surface area (Å²) in [5, 5.41) is 5.89. The molecule has 0 spiro atoms. The molecule has 0 bridgehead atoms. The van der Waals surface area contributed by atoms with E-state index < -0.39 is 83.9 Å². The van der Waals surface area contributed by atoms with E-state index in [-0.39, 0.29) is 44.3 Å². The Kier molecular flexibility index (Phi) is 15.4. The number of aldehydes is 1. The van der Waals surface area contributed by atoms with Gasteiger partial charge in [0.15, 0.2) is 29.6 Å². The van der Waals surface area contributed by atoms with Crippen molar-refractivity contribution in [2.45, 2.75) is 109 Å².